The number of ether oxygens (including phenoxy) is 1. The fourth-order valence-electron chi connectivity index (χ4n) is 0.421. The first kappa shape index (κ1) is 9.63. The van der Waals surface area contributed by atoms with Crippen molar-refractivity contribution in [3.63, 3.8) is 0 Å². The van der Waals surface area contributed by atoms with Crippen LogP contribution < -0.4 is 0 Å². The van der Waals surface area contributed by atoms with Gasteiger partial charge in [-0.1, -0.05) is 6.92 Å². The van der Waals surface area contributed by atoms with Crippen LogP contribution >= 0.6 is 0 Å². The van der Waals surface area contributed by atoms with Crippen molar-refractivity contribution in [2.75, 3.05) is 6.61 Å². The van der Waals surface area contributed by atoms with E-state index in [2.05, 4.69) is 0 Å². The van der Waals surface area contributed by atoms with Gasteiger partial charge in [-0.05, 0) is 20.8 Å². The minimum absolute atomic E-state index is 0.0132. The maximum absolute atomic E-state index is 10.1. The smallest absolute Gasteiger partial charge is 0.125 e. The van der Waals surface area contributed by atoms with Crippen LogP contribution in [0.3, 0.4) is 0 Å². The summed E-state index contributed by atoms with van der Waals surface area (Å²) >= 11 is 0. The lowest BCUT2D eigenvalue weighted by atomic mass is 10.2. The Kier molecular flexibility index (Phi) is 3.58. The zero-order valence-electron chi connectivity index (χ0n) is 7.18. The highest BCUT2D eigenvalue weighted by molar-refractivity contribution is 5.52. The van der Waals surface area contributed by atoms with E-state index >= 15 is 0 Å². The summed E-state index contributed by atoms with van der Waals surface area (Å²) in [5, 5.41) is 0. The van der Waals surface area contributed by atoms with Crippen LogP contribution in [0.15, 0.2) is 0 Å². The molecule has 60 valence electrons. The molecular weight excluding hydrogens is 128 g/mol. The average Bonchev–Trinajstić information content (AvgIpc) is 1.81. The molecule has 2 heteroatoms. The van der Waals surface area contributed by atoms with Gasteiger partial charge in [0.05, 0.1) is 12.2 Å². The predicted octanol–water partition coefficient (Wildman–Crippen LogP) is 1.64. The number of carbonyl (C=O) groups excluding carboxylic acids is 1. The molecule has 0 aromatic rings. The van der Waals surface area contributed by atoms with Crippen molar-refractivity contribution in [2.24, 2.45) is 5.92 Å². The van der Waals surface area contributed by atoms with Crippen molar-refractivity contribution < 1.29 is 9.53 Å². The zero-order chi connectivity index (χ0) is 8.20. The molecule has 0 unspecified atom stereocenters. The second-order valence-corrected chi connectivity index (χ2v) is 3.54. The highest BCUT2D eigenvalue weighted by Gasteiger charge is 2.11. The van der Waals surface area contributed by atoms with Gasteiger partial charge < -0.3 is 9.53 Å². The number of aldehydes is 1. The van der Waals surface area contributed by atoms with Crippen LogP contribution in [0.1, 0.15) is 27.7 Å². The molecule has 0 aliphatic rings. The van der Waals surface area contributed by atoms with Crippen LogP contribution in [-0.4, -0.2) is 18.5 Å². The fraction of sp³-hybridized carbons (Fsp3) is 0.875. The molecule has 0 aromatic heterocycles. The molecule has 10 heavy (non-hydrogen) atoms. The lowest BCUT2D eigenvalue weighted by Gasteiger charge is -2.20. The summed E-state index contributed by atoms with van der Waals surface area (Å²) in [5.74, 6) is 0.0132. The molecule has 1 atom stereocenters. The predicted molar refractivity (Wildman–Crippen MR) is 40.9 cm³/mol. The Labute approximate surface area is 62.6 Å². The Bertz CT molecular complexity index is 102. The van der Waals surface area contributed by atoms with Gasteiger partial charge in [0.1, 0.15) is 6.29 Å². The van der Waals surface area contributed by atoms with Gasteiger partial charge in [0.25, 0.3) is 0 Å². The summed E-state index contributed by atoms with van der Waals surface area (Å²) in [6.45, 7) is 8.30. The summed E-state index contributed by atoms with van der Waals surface area (Å²) in [5.41, 5.74) is -0.128. The van der Waals surface area contributed by atoms with Crippen molar-refractivity contribution in [3.8, 4) is 0 Å². The molecule has 0 saturated carbocycles. The highest BCUT2D eigenvalue weighted by atomic mass is 16.5. The van der Waals surface area contributed by atoms with Gasteiger partial charge in [-0.2, -0.15) is 0 Å². The molecule has 0 N–H and O–H groups in total. The van der Waals surface area contributed by atoms with E-state index in [4.69, 9.17) is 4.74 Å². The minimum Gasteiger partial charge on any atom is -0.375 e. The monoisotopic (exact) mass is 144 g/mol. The molecule has 0 aliphatic heterocycles. The molecule has 0 bridgehead atoms. The van der Waals surface area contributed by atoms with Gasteiger partial charge >= 0.3 is 0 Å². The van der Waals surface area contributed by atoms with E-state index in [9.17, 15) is 4.79 Å². The van der Waals surface area contributed by atoms with E-state index < -0.39 is 0 Å². The van der Waals surface area contributed by atoms with Crippen molar-refractivity contribution in [1.82, 2.24) is 0 Å². The summed E-state index contributed by atoms with van der Waals surface area (Å²) < 4.78 is 5.35. The minimum atomic E-state index is -0.128. The molecule has 0 amide bonds. The first-order valence-corrected chi connectivity index (χ1v) is 3.55. The average molecular weight is 144 g/mol. The zero-order valence-corrected chi connectivity index (χ0v) is 7.18. The van der Waals surface area contributed by atoms with E-state index in [0.717, 1.165) is 6.29 Å². The number of rotatable bonds is 3. The third-order valence-corrected chi connectivity index (χ3v) is 1.01. The summed E-state index contributed by atoms with van der Waals surface area (Å²) in [4.78, 5) is 10.1. The van der Waals surface area contributed by atoms with Crippen LogP contribution in [0.5, 0.6) is 0 Å². The van der Waals surface area contributed by atoms with Gasteiger partial charge in [0, 0.05) is 5.92 Å². The van der Waals surface area contributed by atoms with Gasteiger partial charge in [-0.3, -0.25) is 0 Å². The van der Waals surface area contributed by atoms with Crippen molar-refractivity contribution in [1.29, 1.82) is 0 Å². The molecule has 0 radical (unpaired) electrons. The second-order valence-electron chi connectivity index (χ2n) is 3.54. The van der Waals surface area contributed by atoms with Crippen LogP contribution in [0.4, 0.5) is 0 Å². The summed E-state index contributed by atoms with van der Waals surface area (Å²) in [7, 11) is 0. The Morgan fingerprint density at radius 3 is 2.30 bits per heavy atom. The van der Waals surface area contributed by atoms with Gasteiger partial charge in [0.2, 0.25) is 0 Å². The van der Waals surface area contributed by atoms with Crippen LogP contribution in [0.25, 0.3) is 0 Å². The molecule has 0 heterocycles. The first-order valence-electron chi connectivity index (χ1n) is 3.55. The number of carbonyl (C=O) groups is 1. The normalized spacial score (nSPS) is 14.8. The van der Waals surface area contributed by atoms with Crippen LogP contribution in [0.2, 0.25) is 0 Å². The van der Waals surface area contributed by atoms with Gasteiger partial charge in [0.15, 0.2) is 0 Å². The lowest BCUT2D eigenvalue weighted by molar-refractivity contribution is -0.114. The Balaban J connectivity index is 3.45. The quantitative estimate of drug-likeness (QED) is 0.563. The Hall–Kier alpha value is -0.370. The van der Waals surface area contributed by atoms with Crippen molar-refractivity contribution in [2.45, 2.75) is 33.3 Å². The van der Waals surface area contributed by atoms with E-state index in [1.165, 1.54) is 0 Å². The van der Waals surface area contributed by atoms with Crippen molar-refractivity contribution >= 4 is 6.29 Å². The standard InChI is InChI=1S/C8H16O2/c1-7(5-9)6-10-8(2,3)4/h5,7H,6H2,1-4H3/t7-/m1/s1. The Morgan fingerprint density at radius 2 is 2.00 bits per heavy atom. The highest BCUT2D eigenvalue weighted by Crippen LogP contribution is 2.07. The molecular formula is C8H16O2. The Morgan fingerprint density at radius 1 is 1.50 bits per heavy atom. The SMILES string of the molecule is C[C@H](C=O)COC(C)(C)C. The second kappa shape index (κ2) is 3.71. The maximum atomic E-state index is 10.1. The topological polar surface area (TPSA) is 26.3 Å². The third-order valence-electron chi connectivity index (χ3n) is 1.01. The molecule has 0 saturated heterocycles. The van der Waals surface area contributed by atoms with E-state index in [1.807, 2.05) is 27.7 Å². The van der Waals surface area contributed by atoms with Gasteiger partial charge in [-0.25, -0.2) is 0 Å². The summed E-state index contributed by atoms with van der Waals surface area (Å²) in [6, 6.07) is 0. The van der Waals surface area contributed by atoms with Gasteiger partial charge in [-0.15, -0.1) is 0 Å². The molecule has 0 spiro atoms. The van der Waals surface area contributed by atoms with E-state index in [1.54, 1.807) is 0 Å². The molecule has 0 aliphatic carbocycles. The first-order chi connectivity index (χ1) is 4.45. The largest absolute Gasteiger partial charge is 0.375 e. The van der Waals surface area contributed by atoms with Crippen LogP contribution in [-0.2, 0) is 9.53 Å². The fourth-order valence-corrected chi connectivity index (χ4v) is 0.421. The molecule has 2 nitrogen and oxygen atoms in total. The summed E-state index contributed by atoms with van der Waals surface area (Å²) in [6.07, 6.45) is 0.908. The molecule has 0 aromatic carbocycles. The number of hydrogen-bond acceptors (Lipinski definition) is 2. The molecule has 0 fully saturated rings. The van der Waals surface area contributed by atoms with Crippen molar-refractivity contribution in [3.05, 3.63) is 0 Å². The third kappa shape index (κ3) is 5.76. The lowest BCUT2D eigenvalue weighted by Crippen LogP contribution is -2.22. The maximum Gasteiger partial charge on any atom is 0.125 e. The van der Waals surface area contributed by atoms with Crippen LogP contribution in [0, 0.1) is 5.92 Å². The molecule has 0 rings (SSSR count). The van der Waals surface area contributed by atoms with E-state index in [-0.39, 0.29) is 11.5 Å². The van der Waals surface area contributed by atoms with E-state index in [0.29, 0.717) is 6.61 Å². The number of hydrogen-bond donors (Lipinski definition) is 0.